The molecule has 0 aromatic rings. The van der Waals surface area contributed by atoms with Gasteiger partial charge in [-0.25, -0.2) is 4.79 Å². The lowest BCUT2D eigenvalue weighted by Crippen LogP contribution is -2.28. The van der Waals surface area contributed by atoms with Crippen LogP contribution in [0, 0.1) is 11.8 Å². The van der Waals surface area contributed by atoms with Crippen molar-refractivity contribution in [3.8, 4) is 0 Å². The van der Waals surface area contributed by atoms with Crippen molar-refractivity contribution in [2.24, 2.45) is 11.8 Å². The summed E-state index contributed by atoms with van der Waals surface area (Å²) in [4.78, 5) is 22.3. The van der Waals surface area contributed by atoms with Crippen molar-refractivity contribution in [3.63, 3.8) is 0 Å². The fourth-order valence-electron chi connectivity index (χ4n) is 1.11. The van der Waals surface area contributed by atoms with E-state index in [4.69, 9.17) is 0 Å². The number of ketones is 1. The van der Waals surface area contributed by atoms with Gasteiger partial charge in [0.15, 0.2) is 0 Å². The molecule has 0 fully saturated rings. The largest absolute Gasteiger partial charge is 0.463 e. The molecule has 3 nitrogen and oxygen atoms in total. The first-order chi connectivity index (χ1) is 6.04. The first kappa shape index (κ1) is 11.9. The van der Waals surface area contributed by atoms with Gasteiger partial charge in [0.25, 0.3) is 0 Å². The molecular weight excluding hydrogens is 168 g/mol. The van der Waals surface area contributed by atoms with Gasteiger partial charge >= 0.3 is 5.97 Å². The number of ether oxygens (including phenoxy) is 1. The van der Waals surface area contributed by atoms with Gasteiger partial charge in [-0.1, -0.05) is 19.9 Å². The van der Waals surface area contributed by atoms with Crippen LogP contribution in [0.5, 0.6) is 0 Å². The van der Waals surface area contributed by atoms with Crippen LogP contribution in [0.25, 0.3) is 0 Å². The molecule has 1 atom stereocenters. The molecule has 0 saturated carbocycles. The van der Waals surface area contributed by atoms with Gasteiger partial charge in [0.05, 0.1) is 7.11 Å². The number of allylic oxidation sites excluding steroid dienone is 1. The van der Waals surface area contributed by atoms with Gasteiger partial charge < -0.3 is 4.74 Å². The maximum absolute atomic E-state index is 11.4. The van der Waals surface area contributed by atoms with Gasteiger partial charge in [0.1, 0.15) is 0 Å². The predicted molar refractivity (Wildman–Crippen MR) is 50.2 cm³/mol. The highest BCUT2D eigenvalue weighted by Crippen LogP contribution is 2.17. The minimum Gasteiger partial charge on any atom is -0.463 e. The van der Waals surface area contributed by atoms with Crippen LogP contribution in [0.3, 0.4) is 0 Å². The summed E-state index contributed by atoms with van der Waals surface area (Å²) in [6.07, 6.45) is 2.16. The second-order valence-electron chi connectivity index (χ2n) is 3.23. The van der Waals surface area contributed by atoms with E-state index < -0.39 is 11.8 Å². The van der Waals surface area contributed by atoms with Crippen molar-refractivity contribution in [2.45, 2.75) is 20.3 Å². The first-order valence-electron chi connectivity index (χ1n) is 4.27. The Morgan fingerprint density at radius 3 is 2.31 bits per heavy atom. The molecule has 0 spiro atoms. The molecule has 0 radical (unpaired) electrons. The summed E-state index contributed by atoms with van der Waals surface area (Å²) in [5.41, 5.74) is 0. The molecule has 3 heteroatoms. The minimum absolute atomic E-state index is 0.129. The Morgan fingerprint density at radius 2 is 2.00 bits per heavy atom. The Bertz CT molecular complexity index is 206. The highest BCUT2D eigenvalue weighted by Gasteiger charge is 2.27. The molecular formula is C10H16O3. The molecule has 0 aromatic carbocycles. The average molecular weight is 184 g/mol. The third kappa shape index (κ3) is 3.40. The highest BCUT2D eigenvalue weighted by molar-refractivity contribution is 6.34. The Hall–Kier alpha value is -1.12. The zero-order chi connectivity index (χ0) is 10.4. The first-order valence-corrected chi connectivity index (χ1v) is 4.27. The molecule has 0 heterocycles. The third-order valence-corrected chi connectivity index (χ3v) is 1.95. The minimum atomic E-state index is -0.763. The lowest BCUT2D eigenvalue weighted by molar-refractivity contribution is -0.154. The van der Waals surface area contributed by atoms with E-state index in [1.807, 2.05) is 13.8 Å². The van der Waals surface area contributed by atoms with Crippen molar-refractivity contribution in [2.75, 3.05) is 7.11 Å². The van der Waals surface area contributed by atoms with Crippen molar-refractivity contribution >= 4 is 11.8 Å². The van der Waals surface area contributed by atoms with Gasteiger partial charge in [-0.2, -0.15) is 0 Å². The van der Waals surface area contributed by atoms with E-state index in [2.05, 4.69) is 11.3 Å². The Labute approximate surface area is 78.8 Å². The Balaban J connectivity index is 4.45. The molecule has 0 aliphatic carbocycles. The molecule has 13 heavy (non-hydrogen) atoms. The molecule has 0 rings (SSSR count). The second-order valence-corrected chi connectivity index (χ2v) is 3.23. The van der Waals surface area contributed by atoms with Crippen LogP contribution in [-0.4, -0.2) is 18.9 Å². The van der Waals surface area contributed by atoms with Crippen LogP contribution >= 0.6 is 0 Å². The number of esters is 1. The SMILES string of the molecule is C=CC[C@@H](C(=O)C(=O)OC)C(C)C. The maximum Gasteiger partial charge on any atom is 0.374 e. The van der Waals surface area contributed by atoms with E-state index in [0.29, 0.717) is 6.42 Å². The zero-order valence-electron chi connectivity index (χ0n) is 8.37. The molecule has 0 N–H and O–H groups in total. The van der Waals surface area contributed by atoms with Gasteiger partial charge in [-0.3, -0.25) is 4.79 Å². The average Bonchev–Trinajstić information content (AvgIpc) is 2.11. The molecule has 0 bridgehead atoms. The van der Waals surface area contributed by atoms with Crippen LogP contribution in [0.2, 0.25) is 0 Å². The summed E-state index contributed by atoms with van der Waals surface area (Å²) in [6, 6.07) is 0. The van der Waals surface area contributed by atoms with E-state index in [9.17, 15) is 9.59 Å². The molecule has 0 aromatic heterocycles. The normalized spacial score (nSPS) is 12.3. The Kier molecular flexibility index (Phi) is 5.04. The fraction of sp³-hybridized carbons (Fsp3) is 0.600. The summed E-state index contributed by atoms with van der Waals surface area (Å²) in [5.74, 6) is -1.40. The molecule has 0 amide bonds. The summed E-state index contributed by atoms with van der Waals surface area (Å²) in [7, 11) is 1.21. The summed E-state index contributed by atoms with van der Waals surface area (Å²) in [6.45, 7) is 7.34. The molecule has 0 aliphatic heterocycles. The van der Waals surface area contributed by atoms with E-state index in [0.717, 1.165) is 0 Å². The van der Waals surface area contributed by atoms with Crippen LogP contribution in [0.15, 0.2) is 12.7 Å². The number of methoxy groups -OCH3 is 1. The van der Waals surface area contributed by atoms with Crippen LogP contribution in [-0.2, 0) is 14.3 Å². The lowest BCUT2D eigenvalue weighted by Gasteiger charge is -2.15. The molecule has 0 unspecified atom stereocenters. The van der Waals surface area contributed by atoms with Crippen molar-refractivity contribution in [3.05, 3.63) is 12.7 Å². The number of carbonyl (C=O) groups is 2. The van der Waals surface area contributed by atoms with Gasteiger partial charge in [0, 0.05) is 5.92 Å². The van der Waals surface area contributed by atoms with Crippen LogP contribution in [0.4, 0.5) is 0 Å². The van der Waals surface area contributed by atoms with Crippen molar-refractivity contribution in [1.29, 1.82) is 0 Å². The summed E-state index contributed by atoms with van der Waals surface area (Å²) >= 11 is 0. The Morgan fingerprint density at radius 1 is 1.46 bits per heavy atom. The van der Waals surface area contributed by atoms with Gasteiger partial charge in [-0.05, 0) is 12.3 Å². The number of Topliss-reactive ketones (excluding diaryl/α,β-unsaturated/α-hetero) is 1. The predicted octanol–water partition coefficient (Wildman–Crippen LogP) is 1.58. The maximum atomic E-state index is 11.4. The smallest absolute Gasteiger partial charge is 0.374 e. The van der Waals surface area contributed by atoms with E-state index >= 15 is 0 Å². The van der Waals surface area contributed by atoms with E-state index in [1.54, 1.807) is 6.08 Å². The highest BCUT2D eigenvalue weighted by atomic mass is 16.5. The molecule has 0 saturated heterocycles. The molecule has 74 valence electrons. The van der Waals surface area contributed by atoms with Crippen molar-refractivity contribution in [1.82, 2.24) is 0 Å². The standard InChI is InChI=1S/C10H16O3/c1-5-6-8(7(2)3)9(11)10(12)13-4/h5,7-8H,1,6H2,2-4H3/t8-/m1/s1. The monoisotopic (exact) mass is 184 g/mol. The summed E-state index contributed by atoms with van der Waals surface area (Å²) in [5, 5.41) is 0. The number of hydrogen-bond acceptors (Lipinski definition) is 3. The van der Waals surface area contributed by atoms with E-state index in [-0.39, 0.29) is 11.8 Å². The van der Waals surface area contributed by atoms with Crippen LogP contribution < -0.4 is 0 Å². The lowest BCUT2D eigenvalue weighted by atomic mass is 9.88. The van der Waals surface area contributed by atoms with Gasteiger partial charge in [0.2, 0.25) is 5.78 Å². The molecule has 0 aliphatic rings. The van der Waals surface area contributed by atoms with Crippen LogP contribution in [0.1, 0.15) is 20.3 Å². The second kappa shape index (κ2) is 5.51. The topological polar surface area (TPSA) is 43.4 Å². The fourth-order valence-corrected chi connectivity index (χ4v) is 1.11. The summed E-state index contributed by atoms with van der Waals surface area (Å²) < 4.78 is 4.37. The van der Waals surface area contributed by atoms with Crippen molar-refractivity contribution < 1.29 is 14.3 Å². The number of hydrogen-bond donors (Lipinski definition) is 0. The van der Waals surface area contributed by atoms with E-state index in [1.165, 1.54) is 7.11 Å². The number of rotatable bonds is 5. The third-order valence-electron chi connectivity index (χ3n) is 1.95. The van der Waals surface area contributed by atoms with Gasteiger partial charge in [-0.15, -0.1) is 6.58 Å². The zero-order valence-corrected chi connectivity index (χ0v) is 8.37. The number of carbonyl (C=O) groups excluding carboxylic acids is 2. The quantitative estimate of drug-likeness (QED) is 0.370.